The van der Waals surface area contributed by atoms with Crippen molar-refractivity contribution in [3.8, 4) is 5.69 Å². The zero-order valence-corrected chi connectivity index (χ0v) is 17.9. The smallest absolute Gasteiger partial charge is 0.257 e. The molecule has 0 unspecified atom stereocenters. The number of nitrogens with one attached hydrogen (secondary N) is 1. The number of carbonyl (C=O) groups is 1. The fourth-order valence-corrected chi connectivity index (χ4v) is 3.69. The number of fused-ring (bicyclic) bond motifs is 2. The Morgan fingerprint density at radius 3 is 2.48 bits per heavy atom. The van der Waals surface area contributed by atoms with Gasteiger partial charge in [-0.1, -0.05) is 37.6 Å². The number of ether oxygens (including phenoxy) is 1. The Morgan fingerprint density at radius 1 is 1.10 bits per heavy atom. The molecule has 7 heteroatoms. The molecule has 0 aliphatic heterocycles. The topological polar surface area (TPSA) is 95.1 Å². The van der Waals surface area contributed by atoms with Gasteiger partial charge in [-0.15, -0.1) is 0 Å². The Morgan fingerprint density at radius 2 is 1.81 bits per heavy atom. The third kappa shape index (κ3) is 4.09. The molecule has 0 aliphatic carbocycles. The van der Waals surface area contributed by atoms with E-state index in [1.165, 1.54) is 5.56 Å². The molecule has 0 aliphatic rings. The van der Waals surface area contributed by atoms with Crippen LogP contribution in [0.15, 0.2) is 48.5 Å². The third-order valence-corrected chi connectivity index (χ3v) is 5.33. The van der Waals surface area contributed by atoms with Crippen LogP contribution in [0.25, 0.3) is 27.9 Å². The molecule has 0 atom stereocenters. The lowest BCUT2D eigenvalue weighted by Crippen LogP contribution is -2.27. The van der Waals surface area contributed by atoms with Crippen LogP contribution in [-0.2, 0) is 11.2 Å². The van der Waals surface area contributed by atoms with Crippen molar-refractivity contribution in [1.29, 1.82) is 0 Å². The zero-order valence-electron chi connectivity index (χ0n) is 17.9. The van der Waals surface area contributed by atoms with E-state index < -0.39 is 0 Å². The molecule has 2 heterocycles. The fourth-order valence-electron chi connectivity index (χ4n) is 3.69. The lowest BCUT2D eigenvalue weighted by molar-refractivity contribution is 0.0939. The van der Waals surface area contributed by atoms with Crippen molar-refractivity contribution < 1.29 is 9.53 Å². The van der Waals surface area contributed by atoms with Gasteiger partial charge in [-0.2, -0.15) is 0 Å². The Hall–Kier alpha value is -3.45. The number of nitrogens with two attached hydrogens (primary N) is 1. The monoisotopic (exact) mass is 417 g/mol. The number of benzene rings is 2. The van der Waals surface area contributed by atoms with Gasteiger partial charge in [-0.05, 0) is 42.7 Å². The summed E-state index contributed by atoms with van der Waals surface area (Å²) in [6.07, 6.45) is 3.34. The van der Waals surface area contributed by atoms with Crippen molar-refractivity contribution in [2.75, 3.05) is 26.0 Å². The first-order valence-corrected chi connectivity index (χ1v) is 10.6. The molecule has 0 spiro atoms. The van der Waals surface area contributed by atoms with Gasteiger partial charge >= 0.3 is 0 Å². The minimum absolute atomic E-state index is 0.289. The first-order chi connectivity index (χ1) is 15.1. The van der Waals surface area contributed by atoms with Crippen LogP contribution in [0, 0.1) is 0 Å². The molecule has 0 radical (unpaired) electrons. The lowest BCUT2D eigenvalue weighted by atomic mass is 10.1. The first kappa shape index (κ1) is 20.8. The van der Waals surface area contributed by atoms with E-state index in [1.54, 1.807) is 7.11 Å². The van der Waals surface area contributed by atoms with E-state index in [-0.39, 0.29) is 5.91 Å². The Balaban J connectivity index is 1.86. The molecule has 0 saturated heterocycles. The number of nitrogens with zero attached hydrogens (tertiary/aromatic N) is 3. The van der Waals surface area contributed by atoms with Gasteiger partial charge in [0.2, 0.25) is 0 Å². The summed E-state index contributed by atoms with van der Waals surface area (Å²) < 4.78 is 6.85. The van der Waals surface area contributed by atoms with Gasteiger partial charge in [0.25, 0.3) is 5.91 Å². The molecule has 4 rings (SSSR count). The number of anilines is 1. The summed E-state index contributed by atoms with van der Waals surface area (Å²) in [5.74, 6) is 0.0315. The minimum Gasteiger partial charge on any atom is -0.384 e. The molecule has 0 saturated carbocycles. The maximum atomic E-state index is 13.0. The highest BCUT2D eigenvalue weighted by Crippen LogP contribution is 2.31. The summed E-state index contributed by atoms with van der Waals surface area (Å²) in [5.41, 5.74) is 11.5. The van der Waals surface area contributed by atoms with E-state index in [0.717, 1.165) is 30.5 Å². The molecule has 31 heavy (non-hydrogen) atoms. The van der Waals surface area contributed by atoms with E-state index >= 15 is 0 Å². The van der Waals surface area contributed by atoms with Gasteiger partial charge in [-0.3, -0.25) is 9.36 Å². The Bertz CT molecular complexity index is 1210. The van der Waals surface area contributed by atoms with E-state index in [9.17, 15) is 4.79 Å². The maximum absolute atomic E-state index is 13.0. The Labute approximate surface area is 181 Å². The van der Waals surface area contributed by atoms with Crippen LogP contribution < -0.4 is 11.1 Å². The number of aromatic nitrogens is 3. The number of unbranched alkanes of at least 4 members (excludes halogenated alkanes) is 1. The largest absolute Gasteiger partial charge is 0.384 e. The van der Waals surface area contributed by atoms with Crippen LogP contribution in [-0.4, -0.2) is 40.7 Å². The summed E-state index contributed by atoms with van der Waals surface area (Å²) >= 11 is 0. The van der Waals surface area contributed by atoms with Gasteiger partial charge in [-0.25, -0.2) is 9.97 Å². The van der Waals surface area contributed by atoms with Crippen LogP contribution in [0.2, 0.25) is 0 Å². The van der Waals surface area contributed by atoms with Crippen molar-refractivity contribution in [1.82, 2.24) is 19.9 Å². The van der Waals surface area contributed by atoms with Crippen molar-refractivity contribution in [2.45, 2.75) is 26.2 Å². The number of methoxy groups -OCH3 is 1. The second-order valence-corrected chi connectivity index (χ2v) is 7.50. The standard InChI is InChI=1S/C24H27N5O2/c1-3-4-7-16-10-12-17(13-11-16)29-22(25)20(24(30)26-14-15-31-2)21-23(29)28-19-9-6-5-8-18(19)27-21/h5-6,8-13H,3-4,7,14-15,25H2,1-2H3,(H,26,30). The highest BCUT2D eigenvalue weighted by Gasteiger charge is 2.24. The van der Waals surface area contributed by atoms with Crippen LogP contribution in [0.4, 0.5) is 5.82 Å². The molecule has 7 nitrogen and oxygen atoms in total. The van der Waals surface area contributed by atoms with Gasteiger partial charge in [0, 0.05) is 19.3 Å². The quantitative estimate of drug-likeness (QED) is 0.424. The highest BCUT2D eigenvalue weighted by atomic mass is 16.5. The molecule has 2 aromatic heterocycles. The van der Waals surface area contributed by atoms with Crippen molar-refractivity contribution in [2.24, 2.45) is 0 Å². The predicted octanol–water partition coefficient (Wildman–Crippen LogP) is 3.87. The van der Waals surface area contributed by atoms with Crippen LogP contribution in [0.1, 0.15) is 35.7 Å². The third-order valence-electron chi connectivity index (χ3n) is 5.33. The van der Waals surface area contributed by atoms with Gasteiger partial charge in [0.1, 0.15) is 16.9 Å². The van der Waals surface area contributed by atoms with E-state index in [1.807, 2.05) is 41.0 Å². The molecule has 4 aromatic rings. The molecule has 0 bridgehead atoms. The number of hydrogen-bond acceptors (Lipinski definition) is 5. The molecular weight excluding hydrogens is 390 g/mol. The molecule has 160 valence electrons. The van der Waals surface area contributed by atoms with Gasteiger partial charge < -0.3 is 15.8 Å². The normalized spacial score (nSPS) is 11.3. The summed E-state index contributed by atoms with van der Waals surface area (Å²) in [6, 6.07) is 15.8. The molecule has 1 amide bonds. The number of rotatable bonds is 8. The van der Waals surface area contributed by atoms with Crippen LogP contribution >= 0.6 is 0 Å². The van der Waals surface area contributed by atoms with E-state index in [0.29, 0.717) is 41.2 Å². The zero-order chi connectivity index (χ0) is 21.8. The van der Waals surface area contributed by atoms with Crippen molar-refractivity contribution in [3.63, 3.8) is 0 Å². The maximum Gasteiger partial charge on any atom is 0.257 e. The number of para-hydroxylation sites is 2. The molecular formula is C24H27N5O2. The van der Waals surface area contributed by atoms with Crippen LogP contribution in [0.5, 0.6) is 0 Å². The lowest BCUT2D eigenvalue weighted by Gasteiger charge is -2.09. The summed E-state index contributed by atoms with van der Waals surface area (Å²) in [6.45, 7) is 2.98. The molecule has 0 fully saturated rings. The number of nitrogen functional groups attached to an aromatic ring is 1. The van der Waals surface area contributed by atoms with Crippen molar-refractivity contribution >= 4 is 33.9 Å². The number of aryl methyl sites for hydroxylation is 1. The fraction of sp³-hybridized carbons (Fsp3) is 0.292. The average Bonchev–Trinajstić information content (AvgIpc) is 3.07. The number of hydrogen-bond donors (Lipinski definition) is 2. The summed E-state index contributed by atoms with van der Waals surface area (Å²) in [5, 5.41) is 2.85. The second-order valence-electron chi connectivity index (χ2n) is 7.50. The van der Waals surface area contributed by atoms with E-state index in [2.05, 4.69) is 24.4 Å². The van der Waals surface area contributed by atoms with Gasteiger partial charge in [0.05, 0.1) is 17.6 Å². The first-order valence-electron chi connectivity index (χ1n) is 10.6. The summed E-state index contributed by atoms with van der Waals surface area (Å²) in [4.78, 5) is 22.5. The predicted molar refractivity (Wildman–Crippen MR) is 124 cm³/mol. The van der Waals surface area contributed by atoms with Crippen molar-refractivity contribution in [3.05, 3.63) is 59.7 Å². The van der Waals surface area contributed by atoms with Gasteiger partial charge in [0.15, 0.2) is 5.65 Å². The summed E-state index contributed by atoms with van der Waals surface area (Å²) in [7, 11) is 1.59. The Kier molecular flexibility index (Phi) is 6.13. The number of carbonyl (C=O) groups excluding carboxylic acids is 1. The van der Waals surface area contributed by atoms with Crippen LogP contribution in [0.3, 0.4) is 0 Å². The number of amides is 1. The van der Waals surface area contributed by atoms with E-state index in [4.69, 9.17) is 20.4 Å². The minimum atomic E-state index is -0.289. The SMILES string of the molecule is CCCCc1ccc(-n2c(N)c(C(=O)NCCOC)c3nc4ccccc4nc32)cc1. The molecule has 3 N–H and O–H groups in total. The highest BCUT2D eigenvalue weighted by molar-refractivity contribution is 6.11. The second kappa shape index (κ2) is 9.14. The average molecular weight is 418 g/mol. The molecule has 2 aromatic carbocycles.